The van der Waals surface area contributed by atoms with E-state index in [1.165, 1.54) is 11.3 Å². The van der Waals surface area contributed by atoms with Crippen molar-refractivity contribution in [3.05, 3.63) is 21.4 Å². The number of carboxylic acids is 1. The van der Waals surface area contributed by atoms with Crippen molar-refractivity contribution in [2.45, 2.75) is 40.7 Å². The predicted octanol–water partition coefficient (Wildman–Crippen LogP) is 2.59. The van der Waals surface area contributed by atoms with Crippen LogP contribution in [0.4, 0.5) is 0 Å². The summed E-state index contributed by atoms with van der Waals surface area (Å²) in [5.41, 5.74) is 0.0356. The molecule has 0 radical (unpaired) electrons. The molecule has 1 amide bonds. The van der Waals surface area contributed by atoms with E-state index in [1.807, 2.05) is 13.8 Å². The Kier molecular flexibility index (Phi) is 4.16. The van der Waals surface area contributed by atoms with Crippen LogP contribution in [0.1, 0.15) is 40.9 Å². The van der Waals surface area contributed by atoms with Gasteiger partial charge in [-0.2, -0.15) is 0 Å². The van der Waals surface area contributed by atoms with E-state index < -0.39 is 17.4 Å². The molecule has 0 aliphatic heterocycles. The molecule has 1 heterocycles. The molecule has 0 saturated heterocycles. The topological polar surface area (TPSA) is 66.4 Å². The maximum atomic E-state index is 12.1. The minimum atomic E-state index is -1.01. The van der Waals surface area contributed by atoms with Crippen LogP contribution in [0.3, 0.4) is 0 Å². The van der Waals surface area contributed by atoms with Crippen molar-refractivity contribution in [1.29, 1.82) is 0 Å². The Morgan fingerprint density at radius 2 is 1.89 bits per heavy atom. The molecule has 100 valence electrons. The third-order valence-electron chi connectivity index (χ3n) is 2.67. The fourth-order valence-corrected chi connectivity index (χ4v) is 2.64. The molecule has 0 bridgehead atoms. The smallest absolute Gasteiger partial charge is 0.326 e. The number of nitrogens with one attached hydrogen (secondary N) is 1. The molecule has 2 N–H and O–H groups in total. The van der Waals surface area contributed by atoms with Gasteiger partial charge in [-0.25, -0.2) is 4.79 Å². The lowest BCUT2D eigenvalue weighted by Gasteiger charge is -2.27. The lowest BCUT2D eigenvalue weighted by Crippen LogP contribution is -2.49. The van der Waals surface area contributed by atoms with Crippen molar-refractivity contribution >= 4 is 23.2 Å². The maximum Gasteiger partial charge on any atom is 0.326 e. The fraction of sp³-hybridized carbons (Fsp3) is 0.538. The zero-order valence-corrected chi connectivity index (χ0v) is 12.1. The highest BCUT2D eigenvalue weighted by molar-refractivity contribution is 7.12. The first-order valence-electron chi connectivity index (χ1n) is 5.73. The van der Waals surface area contributed by atoms with E-state index in [-0.39, 0.29) is 5.91 Å². The third kappa shape index (κ3) is 3.32. The average molecular weight is 269 g/mol. The first-order chi connectivity index (χ1) is 8.12. The molecule has 5 heteroatoms. The number of aryl methyl sites for hydroxylation is 2. The van der Waals surface area contributed by atoms with Gasteiger partial charge < -0.3 is 10.4 Å². The Bertz CT molecular complexity index is 471. The summed E-state index contributed by atoms with van der Waals surface area (Å²) in [5.74, 6) is -1.33. The van der Waals surface area contributed by atoms with E-state index >= 15 is 0 Å². The lowest BCUT2D eigenvalue weighted by molar-refractivity contribution is -0.142. The van der Waals surface area contributed by atoms with E-state index in [1.54, 1.807) is 26.8 Å². The van der Waals surface area contributed by atoms with Crippen LogP contribution in [0.5, 0.6) is 0 Å². The highest BCUT2D eigenvalue weighted by atomic mass is 32.1. The number of amides is 1. The molecule has 0 aliphatic rings. The SMILES string of the molecule is Cc1cc(C(=O)NC(C(=O)O)C(C)(C)C)c(C)s1. The van der Waals surface area contributed by atoms with Crippen LogP contribution in [0.25, 0.3) is 0 Å². The molecule has 0 aliphatic carbocycles. The molecule has 0 spiro atoms. The highest BCUT2D eigenvalue weighted by Gasteiger charge is 2.33. The normalized spacial score (nSPS) is 13.2. The van der Waals surface area contributed by atoms with Gasteiger partial charge in [0.1, 0.15) is 6.04 Å². The monoisotopic (exact) mass is 269 g/mol. The van der Waals surface area contributed by atoms with E-state index in [9.17, 15) is 9.59 Å². The first kappa shape index (κ1) is 14.7. The first-order valence-corrected chi connectivity index (χ1v) is 6.55. The summed E-state index contributed by atoms with van der Waals surface area (Å²) >= 11 is 1.53. The largest absolute Gasteiger partial charge is 0.480 e. The molecule has 1 unspecified atom stereocenters. The number of hydrogen-bond acceptors (Lipinski definition) is 3. The van der Waals surface area contributed by atoms with Crippen molar-refractivity contribution in [3.63, 3.8) is 0 Å². The van der Waals surface area contributed by atoms with Crippen LogP contribution >= 0.6 is 11.3 Å². The lowest BCUT2D eigenvalue weighted by atomic mass is 9.86. The van der Waals surface area contributed by atoms with Gasteiger partial charge in [0.25, 0.3) is 5.91 Å². The summed E-state index contributed by atoms with van der Waals surface area (Å²) in [6, 6.07) is 0.890. The number of carboxylic acid groups (broad SMARTS) is 1. The van der Waals surface area contributed by atoms with Crippen LogP contribution in [-0.2, 0) is 4.79 Å². The molecule has 18 heavy (non-hydrogen) atoms. The van der Waals surface area contributed by atoms with E-state index in [2.05, 4.69) is 5.32 Å². The van der Waals surface area contributed by atoms with E-state index in [0.717, 1.165) is 9.75 Å². The van der Waals surface area contributed by atoms with Gasteiger partial charge in [0.15, 0.2) is 0 Å². The zero-order chi connectivity index (χ0) is 14.1. The summed E-state index contributed by atoms with van der Waals surface area (Å²) in [4.78, 5) is 25.2. The van der Waals surface area contributed by atoms with Crippen LogP contribution < -0.4 is 5.32 Å². The quantitative estimate of drug-likeness (QED) is 0.886. The number of thiophene rings is 1. The number of rotatable bonds is 3. The van der Waals surface area contributed by atoms with Gasteiger partial charge in [0.05, 0.1) is 5.56 Å². The number of carbonyl (C=O) groups is 2. The summed E-state index contributed by atoms with van der Waals surface area (Å²) in [6.45, 7) is 9.15. The second kappa shape index (κ2) is 5.10. The van der Waals surface area contributed by atoms with Crippen molar-refractivity contribution in [3.8, 4) is 0 Å². The molecule has 1 aromatic rings. The fourth-order valence-electron chi connectivity index (χ4n) is 1.71. The van der Waals surface area contributed by atoms with Gasteiger partial charge in [-0.1, -0.05) is 20.8 Å². The van der Waals surface area contributed by atoms with Crippen LogP contribution in [-0.4, -0.2) is 23.0 Å². The predicted molar refractivity (Wildman–Crippen MR) is 72.1 cm³/mol. The summed E-state index contributed by atoms with van der Waals surface area (Å²) in [5, 5.41) is 11.8. The Morgan fingerprint density at radius 1 is 1.33 bits per heavy atom. The standard InChI is InChI=1S/C13H19NO3S/c1-7-6-9(8(2)18-7)11(15)14-10(12(16)17)13(3,4)5/h6,10H,1-5H3,(H,14,15)(H,16,17). The van der Waals surface area contributed by atoms with Gasteiger partial charge >= 0.3 is 5.97 Å². The molecule has 1 atom stereocenters. The summed E-state index contributed by atoms with van der Waals surface area (Å²) < 4.78 is 0. The molecule has 1 rings (SSSR count). The van der Waals surface area contributed by atoms with Gasteiger partial charge in [-0.15, -0.1) is 11.3 Å². The summed E-state index contributed by atoms with van der Waals surface area (Å²) in [6.07, 6.45) is 0. The highest BCUT2D eigenvalue weighted by Crippen LogP contribution is 2.23. The molecule has 0 fully saturated rings. The second-order valence-corrected chi connectivity index (χ2v) is 6.90. The maximum absolute atomic E-state index is 12.1. The number of aliphatic carboxylic acids is 1. The van der Waals surface area contributed by atoms with Crippen LogP contribution in [0.15, 0.2) is 6.07 Å². The van der Waals surface area contributed by atoms with Crippen molar-refractivity contribution in [2.75, 3.05) is 0 Å². The number of carbonyl (C=O) groups excluding carboxylic acids is 1. The second-order valence-electron chi connectivity index (χ2n) is 5.44. The van der Waals surface area contributed by atoms with Crippen molar-refractivity contribution < 1.29 is 14.7 Å². The summed E-state index contributed by atoms with van der Waals surface area (Å²) in [7, 11) is 0. The van der Waals surface area contributed by atoms with E-state index in [0.29, 0.717) is 5.56 Å². The molecule has 1 aromatic heterocycles. The Labute approximate surface area is 111 Å². The molecular formula is C13H19NO3S. The third-order valence-corrected chi connectivity index (χ3v) is 3.64. The Balaban J connectivity index is 2.93. The van der Waals surface area contributed by atoms with Crippen LogP contribution in [0, 0.1) is 19.3 Å². The number of hydrogen-bond donors (Lipinski definition) is 2. The molecule has 0 aromatic carbocycles. The zero-order valence-electron chi connectivity index (χ0n) is 11.3. The van der Waals surface area contributed by atoms with Gasteiger partial charge in [0.2, 0.25) is 0 Å². The minimum absolute atomic E-state index is 0.320. The minimum Gasteiger partial charge on any atom is -0.480 e. The van der Waals surface area contributed by atoms with Gasteiger partial charge in [-0.05, 0) is 25.3 Å². The molecule has 4 nitrogen and oxygen atoms in total. The van der Waals surface area contributed by atoms with E-state index in [4.69, 9.17) is 5.11 Å². The van der Waals surface area contributed by atoms with Crippen LogP contribution in [0.2, 0.25) is 0 Å². The van der Waals surface area contributed by atoms with Gasteiger partial charge in [-0.3, -0.25) is 4.79 Å². The average Bonchev–Trinajstić information content (AvgIpc) is 2.51. The Hall–Kier alpha value is -1.36. The molecule has 0 saturated carbocycles. The van der Waals surface area contributed by atoms with Gasteiger partial charge in [0, 0.05) is 9.75 Å². The van der Waals surface area contributed by atoms with Crippen molar-refractivity contribution in [2.24, 2.45) is 5.41 Å². The van der Waals surface area contributed by atoms with Crippen molar-refractivity contribution in [1.82, 2.24) is 5.32 Å². The molecular weight excluding hydrogens is 250 g/mol. The Morgan fingerprint density at radius 3 is 2.22 bits per heavy atom.